The number of carbonyl (C=O) groups excluding carboxylic acids is 1. The van der Waals surface area contributed by atoms with Gasteiger partial charge >= 0.3 is 0 Å². The molecule has 1 heterocycles. The predicted molar refractivity (Wildman–Crippen MR) is 90.9 cm³/mol. The van der Waals surface area contributed by atoms with Crippen LogP contribution in [0.1, 0.15) is 20.3 Å². The maximum Gasteiger partial charge on any atom is 0.263 e. The maximum absolute atomic E-state index is 12.5. The number of benzene rings is 1. The average molecular weight is 341 g/mol. The Morgan fingerprint density at radius 3 is 2.61 bits per heavy atom. The van der Waals surface area contributed by atoms with E-state index in [-0.39, 0.29) is 18.6 Å². The van der Waals surface area contributed by atoms with Crippen LogP contribution >= 0.6 is 11.6 Å². The number of ether oxygens (including phenoxy) is 1. The highest BCUT2D eigenvalue weighted by Gasteiger charge is 2.28. The van der Waals surface area contributed by atoms with Gasteiger partial charge in [-0.05, 0) is 31.5 Å². The number of halogens is 1. The molecule has 6 heteroatoms. The Morgan fingerprint density at radius 2 is 2.04 bits per heavy atom. The molecule has 1 aliphatic rings. The summed E-state index contributed by atoms with van der Waals surface area (Å²) in [4.78, 5) is 16.6. The summed E-state index contributed by atoms with van der Waals surface area (Å²) in [6.45, 7) is 6.90. The van der Waals surface area contributed by atoms with Gasteiger partial charge in [0.15, 0.2) is 6.10 Å². The Kier molecular flexibility index (Phi) is 6.69. The smallest absolute Gasteiger partial charge is 0.263 e. The Hall–Kier alpha value is -1.30. The highest BCUT2D eigenvalue weighted by Crippen LogP contribution is 2.19. The van der Waals surface area contributed by atoms with Gasteiger partial charge in [-0.2, -0.15) is 0 Å². The van der Waals surface area contributed by atoms with E-state index >= 15 is 0 Å². The van der Waals surface area contributed by atoms with Crippen LogP contribution in [0, 0.1) is 0 Å². The third kappa shape index (κ3) is 4.83. The topological polar surface area (TPSA) is 53.0 Å². The quantitative estimate of drug-likeness (QED) is 0.861. The molecule has 23 heavy (non-hydrogen) atoms. The van der Waals surface area contributed by atoms with Crippen molar-refractivity contribution in [2.75, 3.05) is 32.8 Å². The van der Waals surface area contributed by atoms with E-state index < -0.39 is 6.10 Å². The molecule has 1 N–H and O–H groups in total. The molecule has 2 rings (SSSR count). The Labute approximate surface area is 142 Å². The molecular formula is C17H25ClN2O3. The molecular weight excluding hydrogens is 316 g/mol. The summed E-state index contributed by atoms with van der Waals surface area (Å²) in [6.07, 6.45) is 0.374. The number of carbonyl (C=O) groups is 1. The third-order valence-electron chi connectivity index (χ3n) is 4.28. The van der Waals surface area contributed by atoms with Gasteiger partial charge < -0.3 is 14.7 Å². The molecule has 0 aliphatic carbocycles. The van der Waals surface area contributed by atoms with E-state index in [1.807, 2.05) is 4.90 Å². The Bertz CT molecular complexity index is 514. The van der Waals surface area contributed by atoms with Crippen LogP contribution in [0.5, 0.6) is 5.75 Å². The molecule has 0 radical (unpaired) electrons. The fraction of sp³-hybridized carbons (Fsp3) is 0.588. The molecule has 1 aliphatic heterocycles. The second-order valence-electron chi connectivity index (χ2n) is 5.82. The molecule has 1 amide bonds. The first-order valence-electron chi connectivity index (χ1n) is 8.11. The van der Waals surface area contributed by atoms with Gasteiger partial charge in [-0.1, -0.05) is 24.6 Å². The molecule has 0 saturated carbocycles. The largest absolute Gasteiger partial charge is 0.481 e. The van der Waals surface area contributed by atoms with Crippen LogP contribution in [0.15, 0.2) is 24.3 Å². The van der Waals surface area contributed by atoms with Crippen molar-refractivity contribution in [2.45, 2.75) is 32.4 Å². The van der Waals surface area contributed by atoms with Gasteiger partial charge in [0.1, 0.15) is 5.75 Å². The second-order valence-corrected chi connectivity index (χ2v) is 6.26. The van der Waals surface area contributed by atoms with Gasteiger partial charge in [-0.3, -0.25) is 9.69 Å². The van der Waals surface area contributed by atoms with Crippen molar-refractivity contribution < 1.29 is 14.6 Å². The number of rotatable bonds is 6. The lowest BCUT2D eigenvalue weighted by Gasteiger charge is -2.39. The number of aliphatic hydroxyl groups excluding tert-OH is 1. The van der Waals surface area contributed by atoms with E-state index in [0.717, 1.165) is 19.5 Å². The molecule has 1 aromatic carbocycles. The van der Waals surface area contributed by atoms with E-state index in [4.69, 9.17) is 16.3 Å². The van der Waals surface area contributed by atoms with Gasteiger partial charge in [0.2, 0.25) is 0 Å². The fourth-order valence-corrected chi connectivity index (χ4v) is 3.04. The number of aliphatic hydroxyl groups is 1. The van der Waals surface area contributed by atoms with Crippen molar-refractivity contribution in [2.24, 2.45) is 0 Å². The van der Waals surface area contributed by atoms with E-state index in [0.29, 0.717) is 23.9 Å². The molecule has 1 aromatic rings. The molecule has 1 fully saturated rings. The average Bonchev–Trinajstić information content (AvgIpc) is 2.56. The summed E-state index contributed by atoms with van der Waals surface area (Å²) in [5.41, 5.74) is 0. The van der Waals surface area contributed by atoms with E-state index in [1.165, 1.54) is 0 Å². The summed E-state index contributed by atoms with van der Waals surface area (Å²) in [5.74, 6) is 0.588. The van der Waals surface area contributed by atoms with E-state index in [1.54, 1.807) is 31.2 Å². The van der Waals surface area contributed by atoms with Gasteiger partial charge in [-0.15, -0.1) is 0 Å². The van der Waals surface area contributed by atoms with Crippen molar-refractivity contribution in [3.63, 3.8) is 0 Å². The summed E-state index contributed by atoms with van der Waals surface area (Å²) in [5, 5.41) is 9.96. The molecule has 5 nitrogen and oxygen atoms in total. The minimum Gasteiger partial charge on any atom is -0.481 e. The van der Waals surface area contributed by atoms with Crippen molar-refractivity contribution in [3.05, 3.63) is 29.3 Å². The van der Waals surface area contributed by atoms with Crippen LogP contribution in [0.4, 0.5) is 0 Å². The lowest BCUT2D eigenvalue weighted by Crippen LogP contribution is -2.54. The van der Waals surface area contributed by atoms with Crippen molar-refractivity contribution in [3.8, 4) is 5.75 Å². The molecule has 0 spiro atoms. The highest BCUT2D eigenvalue weighted by atomic mass is 35.5. The fourth-order valence-electron chi connectivity index (χ4n) is 2.86. The van der Waals surface area contributed by atoms with Gasteiger partial charge in [-0.25, -0.2) is 0 Å². The lowest BCUT2D eigenvalue weighted by atomic mass is 10.1. The monoisotopic (exact) mass is 340 g/mol. The first kappa shape index (κ1) is 18.0. The molecule has 0 aromatic heterocycles. The lowest BCUT2D eigenvalue weighted by molar-refractivity contribution is -0.140. The molecule has 0 bridgehead atoms. The minimum absolute atomic E-state index is 0.0123. The van der Waals surface area contributed by atoms with Crippen LogP contribution in [0.3, 0.4) is 0 Å². The zero-order valence-electron chi connectivity index (χ0n) is 13.7. The number of hydrogen-bond donors (Lipinski definition) is 1. The van der Waals surface area contributed by atoms with Crippen LogP contribution < -0.4 is 4.74 Å². The van der Waals surface area contributed by atoms with Gasteiger partial charge in [0.25, 0.3) is 5.91 Å². The Morgan fingerprint density at radius 1 is 1.35 bits per heavy atom. The van der Waals surface area contributed by atoms with Gasteiger partial charge in [0.05, 0.1) is 6.61 Å². The molecule has 1 saturated heterocycles. The maximum atomic E-state index is 12.5. The zero-order chi connectivity index (χ0) is 16.8. The van der Waals surface area contributed by atoms with E-state index in [2.05, 4.69) is 11.8 Å². The van der Waals surface area contributed by atoms with Crippen LogP contribution in [-0.4, -0.2) is 65.7 Å². The Balaban J connectivity index is 1.86. The number of amides is 1. The molecule has 2 atom stereocenters. The zero-order valence-corrected chi connectivity index (χ0v) is 14.5. The molecule has 128 valence electrons. The minimum atomic E-state index is -0.542. The van der Waals surface area contributed by atoms with Crippen LogP contribution in [0.2, 0.25) is 5.02 Å². The number of hydrogen-bond acceptors (Lipinski definition) is 4. The van der Waals surface area contributed by atoms with Gasteiger partial charge in [0, 0.05) is 37.2 Å². The third-order valence-corrected chi connectivity index (χ3v) is 4.52. The number of piperazine rings is 1. The van der Waals surface area contributed by atoms with Crippen molar-refractivity contribution in [1.82, 2.24) is 9.80 Å². The molecule has 2 unspecified atom stereocenters. The first-order valence-corrected chi connectivity index (χ1v) is 8.48. The van der Waals surface area contributed by atoms with E-state index in [9.17, 15) is 9.90 Å². The highest BCUT2D eigenvalue weighted by molar-refractivity contribution is 6.30. The summed E-state index contributed by atoms with van der Waals surface area (Å²) < 4.78 is 5.70. The predicted octanol–water partition coefficient (Wildman–Crippen LogP) is 2.02. The van der Waals surface area contributed by atoms with Crippen LogP contribution in [0.25, 0.3) is 0 Å². The second kappa shape index (κ2) is 8.52. The van der Waals surface area contributed by atoms with Crippen LogP contribution in [-0.2, 0) is 4.79 Å². The summed E-state index contributed by atoms with van der Waals surface area (Å²) in [7, 11) is 0. The SMILES string of the molecule is CCC(CO)N1CCN(C(=O)C(C)Oc2cccc(Cl)c2)CC1. The van der Waals surface area contributed by atoms with Crippen molar-refractivity contribution in [1.29, 1.82) is 0 Å². The summed E-state index contributed by atoms with van der Waals surface area (Å²) >= 11 is 5.93. The first-order chi connectivity index (χ1) is 11.0. The standard InChI is InChI=1S/C17H25ClN2O3/c1-3-15(12-21)19-7-9-20(10-8-19)17(22)13(2)23-16-6-4-5-14(18)11-16/h4-6,11,13,15,21H,3,7-10,12H2,1-2H3. The summed E-state index contributed by atoms with van der Waals surface area (Å²) in [6, 6.07) is 7.25. The van der Waals surface area contributed by atoms with Crippen molar-refractivity contribution >= 4 is 17.5 Å². The number of nitrogens with zero attached hydrogens (tertiary/aromatic N) is 2. The normalized spacial score (nSPS) is 18.5.